The maximum absolute atomic E-state index is 11.5. The van der Waals surface area contributed by atoms with Crippen molar-refractivity contribution in [2.24, 2.45) is 5.73 Å². The van der Waals surface area contributed by atoms with E-state index in [4.69, 9.17) is 5.73 Å². The Morgan fingerprint density at radius 1 is 1.39 bits per heavy atom. The summed E-state index contributed by atoms with van der Waals surface area (Å²) >= 11 is 0. The number of nitrogens with zero attached hydrogens (tertiary/aromatic N) is 1. The Bertz CT molecular complexity index is 353. The third-order valence-electron chi connectivity index (χ3n) is 3.10. The van der Waals surface area contributed by atoms with Crippen molar-refractivity contribution in [1.29, 1.82) is 0 Å². The van der Waals surface area contributed by atoms with E-state index in [2.05, 4.69) is 29.3 Å². The Labute approximate surface area is 109 Å². The van der Waals surface area contributed by atoms with Crippen LogP contribution in [0.5, 0.6) is 0 Å². The fraction of sp³-hybridized carbons (Fsp3) is 0.500. The highest BCUT2D eigenvalue weighted by Crippen LogP contribution is 2.23. The third-order valence-corrected chi connectivity index (χ3v) is 3.10. The summed E-state index contributed by atoms with van der Waals surface area (Å²) in [5.41, 5.74) is 6.91. The lowest BCUT2D eigenvalue weighted by molar-refractivity contribution is -0.122. The van der Waals surface area contributed by atoms with Crippen LogP contribution in [-0.4, -0.2) is 37.5 Å². The molecule has 0 aliphatic heterocycles. The highest BCUT2D eigenvalue weighted by atomic mass is 16.1. The molecule has 0 aliphatic carbocycles. The fourth-order valence-electron chi connectivity index (χ4n) is 2.10. The minimum absolute atomic E-state index is 0.0369. The molecule has 0 aliphatic rings. The number of carbonyl (C=O) groups excluding carboxylic acids is 1. The predicted octanol–water partition coefficient (Wildman–Crippen LogP) is 1.14. The van der Waals surface area contributed by atoms with Gasteiger partial charge in [-0.15, -0.1) is 0 Å². The normalized spacial score (nSPS) is 12.4. The van der Waals surface area contributed by atoms with Gasteiger partial charge in [-0.05, 0) is 25.1 Å². The van der Waals surface area contributed by atoms with Gasteiger partial charge in [0.2, 0.25) is 5.91 Å². The van der Waals surface area contributed by atoms with E-state index in [9.17, 15) is 4.79 Å². The zero-order valence-corrected chi connectivity index (χ0v) is 11.2. The van der Waals surface area contributed by atoms with Crippen molar-refractivity contribution >= 4 is 5.91 Å². The Hall–Kier alpha value is -1.39. The van der Waals surface area contributed by atoms with Crippen LogP contribution in [0.2, 0.25) is 0 Å². The van der Waals surface area contributed by atoms with Crippen LogP contribution in [0.4, 0.5) is 0 Å². The third kappa shape index (κ3) is 4.13. The Balaban J connectivity index is 2.84. The van der Waals surface area contributed by atoms with Crippen LogP contribution in [0.15, 0.2) is 30.3 Å². The van der Waals surface area contributed by atoms with Gasteiger partial charge < -0.3 is 11.1 Å². The summed E-state index contributed by atoms with van der Waals surface area (Å²) in [5.74, 6) is 0.0369. The van der Waals surface area contributed by atoms with Crippen molar-refractivity contribution in [3.63, 3.8) is 0 Å². The van der Waals surface area contributed by atoms with E-state index in [1.807, 2.05) is 18.2 Å². The molecule has 100 valence electrons. The van der Waals surface area contributed by atoms with Crippen molar-refractivity contribution in [3.8, 4) is 0 Å². The van der Waals surface area contributed by atoms with Gasteiger partial charge in [0.15, 0.2) is 0 Å². The molecule has 0 fully saturated rings. The summed E-state index contributed by atoms with van der Waals surface area (Å²) in [6, 6.07) is 10.4. The van der Waals surface area contributed by atoms with Crippen LogP contribution in [0, 0.1) is 0 Å². The molecule has 0 radical (unpaired) electrons. The van der Waals surface area contributed by atoms with Gasteiger partial charge >= 0.3 is 0 Å². The molecule has 0 saturated heterocycles. The fourth-order valence-corrected chi connectivity index (χ4v) is 2.10. The van der Waals surface area contributed by atoms with Gasteiger partial charge in [-0.3, -0.25) is 9.69 Å². The second-order valence-corrected chi connectivity index (χ2v) is 4.24. The van der Waals surface area contributed by atoms with Crippen molar-refractivity contribution < 1.29 is 4.79 Å². The molecule has 4 heteroatoms. The summed E-state index contributed by atoms with van der Waals surface area (Å²) in [5, 5.41) is 2.67. The molecule has 0 heterocycles. The minimum atomic E-state index is 0.0369. The summed E-state index contributed by atoms with van der Waals surface area (Å²) in [7, 11) is 1.66. The van der Waals surface area contributed by atoms with E-state index in [0.29, 0.717) is 13.1 Å². The van der Waals surface area contributed by atoms with Crippen molar-refractivity contribution in [1.82, 2.24) is 10.2 Å². The molecule has 1 unspecified atom stereocenters. The first-order valence-corrected chi connectivity index (χ1v) is 6.42. The number of nitrogens with two attached hydrogens (primary N) is 1. The van der Waals surface area contributed by atoms with E-state index < -0.39 is 0 Å². The predicted molar refractivity (Wildman–Crippen MR) is 74.2 cm³/mol. The van der Waals surface area contributed by atoms with Crippen molar-refractivity contribution in [2.75, 3.05) is 26.7 Å². The Morgan fingerprint density at radius 3 is 2.56 bits per heavy atom. The van der Waals surface area contributed by atoms with E-state index in [-0.39, 0.29) is 11.9 Å². The van der Waals surface area contributed by atoms with Crippen LogP contribution >= 0.6 is 0 Å². The second kappa shape index (κ2) is 7.84. The van der Waals surface area contributed by atoms with Crippen LogP contribution < -0.4 is 11.1 Å². The van der Waals surface area contributed by atoms with Gasteiger partial charge in [0, 0.05) is 13.1 Å². The molecule has 1 aromatic rings. The largest absolute Gasteiger partial charge is 0.358 e. The zero-order chi connectivity index (χ0) is 13.4. The standard InChI is InChI=1S/C14H23N3O/c1-3-17(11-14(18)16-2)13(9-10-15)12-7-5-4-6-8-12/h4-8,13H,3,9-11,15H2,1-2H3,(H,16,18). The maximum Gasteiger partial charge on any atom is 0.233 e. The summed E-state index contributed by atoms with van der Waals surface area (Å²) in [4.78, 5) is 13.7. The number of likely N-dealkylation sites (N-methyl/N-ethyl adjacent to an activating group) is 2. The van der Waals surface area contributed by atoms with Gasteiger partial charge in [0.25, 0.3) is 0 Å². The van der Waals surface area contributed by atoms with E-state index in [0.717, 1.165) is 13.0 Å². The highest BCUT2D eigenvalue weighted by molar-refractivity contribution is 5.77. The number of nitrogens with one attached hydrogen (secondary N) is 1. The number of benzene rings is 1. The minimum Gasteiger partial charge on any atom is -0.358 e. The lowest BCUT2D eigenvalue weighted by atomic mass is 10.0. The molecule has 0 aromatic heterocycles. The first kappa shape index (κ1) is 14.7. The molecular weight excluding hydrogens is 226 g/mol. The quantitative estimate of drug-likeness (QED) is 0.762. The summed E-state index contributed by atoms with van der Waals surface area (Å²) < 4.78 is 0. The van der Waals surface area contributed by atoms with E-state index in [1.165, 1.54) is 5.56 Å². The molecule has 1 amide bonds. The lowest BCUT2D eigenvalue weighted by Crippen LogP contribution is -2.38. The SMILES string of the molecule is CCN(CC(=O)NC)C(CCN)c1ccccc1. The molecule has 1 aromatic carbocycles. The first-order chi connectivity index (χ1) is 8.72. The molecule has 1 rings (SSSR count). The molecule has 0 bridgehead atoms. The number of rotatable bonds is 7. The van der Waals surface area contributed by atoms with Crippen LogP contribution in [0.3, 0.4) is 0 Å². The Kier molecular flexibility index (Phi) is 6.39. The van der Waals surface area contributed by atoms with Crippen LogP contribution in [0.1, 0.15) is 24.9 Å². The average molecular weight is 249 g/mol. The van der Waals surface area contributed by atoms with Gasteiger partial charge in [0.05, 0.1) is 6.54 Å². The monoisotopic (exact) mass is 249 g/mol. The first-order valence-electron chi connectivity index (χ1n) is 6.42. The van der Waals surface area contributed by atoms with Gasteiger partial charge in [-0.1, -0.05) is 37.3 Å². The number of hydrogen-bond acceptors (Lipinski definition) is 3. The summed E-state index contributed by atoms with van der Waals surface area (Å²) in [6.45, 7) is 3.92. The van der Waals surface area contributed by atoms with Crippen molar-refractivity contribution in [2.45, 2.75) is 19.4 Å². The van der Waals surface area contributed by atoms with Crippen LogP contribution in [0.25, 0.3) is 0 Å². The molecular formula is C14H23N3O. The van der Waals surface area contributed by atoms with E-state index in [1.54, 1.807) is 7.05 Å². The van der Waals surface area contributed by atoms with Gasteiger partial charge in [-0.2, -0.15) is 0 Å². The molecule has 18 heavy (non-hydrogen) atoms. The molecule has 1 atom stereocenters. The average Bonchev–Trinajstić information content (AvgIpc) is 2.43. The smallest absolute Gasteiger partial charge is 0.233 e. The molecule has 4 nitrogen and oxygen atoms in total. The topological polar surface area (TPSA) is 58.4 Å². The number of carbonyl (C=O) groups is 1. The second-order valence-electron chi connectivity index (χ2n) is 4.24. The molecule has 0 saturated carbocycles. The number of amides is 1. The Morgan fingerprint density at radius 2 is 2.06 bits per heavy atom. The lowest BCUT2D eigenvalue weighted by Gasteiger charge is -2.30. The molecule has 3 N–H and O–H groups in total. The molecule has 0 spiro atoms. The zero-order valence-electron chi connectivity index (χ0n) is 11.2. The van der Waals surface area contributed by atoms with Crippen molar-refractivity contribution in [3.05, 3.63) is 35.9 Å². The van der Waals surface area contributed by atoms with Gasteiger partial charge in [-0.25, -0.2) is 0 Å². The maximum atomic E-state index is 11.5. The number of hydrogen-bond donors (Lipinski definition) is 2. The highest BCUT2D eigenvalue weighted by Gasteiger charge is 2.20. The summed E-state index contributed by atoms with van der Waals surface area (Å²) in [6.07, 6.45) is 0.856. The van der Waals surface area contributed by atoms with E-state index >= 15 is 0 Å². The van der Waals surface area contributed by atoms with Gasteiger partial charge in [0.1, 0.15) is 0 Å². The van der Waals surface area contributed by atoms with Crippen LogP contribution in [-0.2, 0) is 4.79 Å².